The zero-order valence-corrected chi connectivity index (χ0v) is 19.3. The number of imidazole rings is 1. The molecular formula is C25H20ClN7O2. The predicted molar refractivity (Wildman–Crippen MR) is 130 cm³/mol. The third-order valence-electron chi connectivity index (χ3n) is 6.64. The second kappa shape index (κ2) is 8.28. The molecule has 1 aliphatic carbocycles. The number of nitrogens with one attached hydrogen (secondary N) is 1. The summed E-state index contributed by atoms with van der Waals surface area (Å²) in [6.45, 7) is 0. The number of fused-ring (bicyclic) bond motifs is 1. The monoisotopic (exact) mass is 485 g/mol. The maximum absolute atomic E-state index is 11.2. The number of aromatic nitrogens is 7. The Morgan fingerprint density at radius 2 is 2.03 bits per heavy atom. The number of benzene rings is 2. The Hall–Kier alpha value is -4.11. The molecule has 0 aliphatic heterocycles. The molecule has 3 heterocycles. The number of rotatable bonds is 7. The zero-order valence-electron chi connectivity index (χ0n) is 18.5. The molecule has 3 aromatic heterocycles. The lowest BCUT2D eigenvalue weighted by atomic mass is 9.94. The van der Waals surface area contributed by atoms with Crippen molar-refractivity contribution in [2.24, 2.45) is 0 Å². The smallest absolute Gasteiger partial charge is 0.335 e. The first kappa shape index (κ1) is 21.4. The lowest BCUT2D eigenvalue weighted by Gasteiger charge is -2.15. The number of hydrogen-bond acceptors (Lipinski definition) is 6. The summed E-state index contributed by atoms with van der Waals surface area (Å²) in [7, 11) is 0. The van der Waals surface area contributed by atoms with E-state index in [9.17, 15) is 9.90 Å². The normalized spacial score (nSPS) is 14.3. The van der Waals surface area contributed by atoms with E-state index in [4.69, 9.17) is 16.6 Å². The Kier molecular flexibility index (Phi) is 5.07. The van der Waals surface area contributed by atoms with Crippen LogP contribution in [0.5, 0.6) is 0 Å². The highest BCUT2D eigenvalue weighted by atomic mass is 35.5. The van der Waals surface area contributed by atoms with Gasteiger partial charge in [-0.15, -0.1) is 5.10 Å². The third kappa shape index (κ3) is 4.04. The van der Waals surface area contributed by atoms with Gasteiger partial charge in [0.05, 0.1) is 22.3 Å². The first-order valence-electron chi connectivity index (χ1n) is 11.2. The summed E-state index contributed by atoms with van der Waals surface area (Å²) in [6.07, 6.45) is 7.26. The molecule has 0 atom stereocenters. The number of nitrogens with zero attached hydrogens (tertiary/aromatic N) is 6. The van der Waals surface area contributed by atoms with Gasteiger partial charge in [-0.3, -0.25) is 4.98 Å². The number of carboxylic acids is 1. The minimum atomic E-state index is -0.947. The average Bonchev–Trinajstić information content (AvgIpc) is 3.26. The van der Waals surface area contributed by atoms with E-state index in [1.54, 1.807) is 29.2 Å². The van der Waals surface area contributed by atoms with Crippen molar-refractivity contribution < 1.29 is 9.90 Å². The van der Waals surface area contributed by atoms with Gasteiger partial charge in [0.15, 0.2) is 0 Å². The van der Waals surface area contributed by atoms with Crippen LogP contribution in [0.4, 0.5) is 0 Å². The number of carbonyl (C=O) groups is 1. The highest BCUT2D eigenvalue weighted by molar-refractivity contribution is 6.31. The Labute approximate surface area is 204 Å². The quantitative estimate of drug-likeness (QED) is 0.345. The minimum absolute atomic E-state index is 0.0384. The lowest BCUT2D eigenvalue weighted by Crippen LogP contribution is -2.11. The molecule has 174 valence electrons. The van der Waals surface area contributed by atoms with Gasteiger partial charge in [-0.05, 0) is 72.2 Å². The average molecular weight is 486 g/mol. The molecule has 0 unspecified atom stereocenters. The second-order valence-corrected chi connectivity index (χ2v) is 9.29. The number of hydrogen-bond donors (Lipinski definition) is 2. The fourth-order valence-corrected chi connectivity index (χ4v) is 4.71. The Morgan fingerprint density at radius 3 is 2.74 bits per heavy atom. The van der Waals surface area contributed by atoms with Gasteiger partial charge in [-0.1, -0.05) is 17.7 Å². The molecule has 9 nitrogen and oxygen atoms in total. The molecule has 2 aromatic carbocycles. The molecule has 0 amide bonds. The molecule has 10 heteroatoms. The van der Waals surface area contributed by atoms with Crippen LogP contribution in [0.15, 0.2) is 61.1 Å². The molecule has 1 saturated carbocycles. The van der Waals surface area contributed by atoms with Crippen molar-refractivity contribution in [2.45, 2.75) is 31.1 Å². The Balaban J connectivity index is 1.22. The summed E-state index contributed by atoms with van der Waals surface area (Å²) in [5.74, 6) is -0.0900. The van der Waals surface area contributed by atoms with E-state index in [-0.39, 0.29) is 11.0 Å². The van der Waals surface area contributed by atoms with Gasteiger partial charge in [0.1, 0.15) is 12.2 Å². The molecule has 35 heavy (non-hydrogen) atoms. The molecule has 0 saturated heterocycles. The van der Waals surface area contributed by atoms with Crippen LogP contribution in [0, 0.1) is 0 Å². The van der Waals surface area contributed by atoms with Crippen LogP contribution in [0.25, 0.3) is 27.8 Å². The van der Waals surface area contributed by atoms with E-state index in [1.165, 1.54) is 0 Å². The van der Waals surface area contributed by atoms with E-state index in [2.05, 4.69) is 37.6 Å². The van der Waals surface area contributed by atoms with Gasteiger partial charge in [0.2, 0.25) is 0 Å². The van der Waals surface area contributed by atoms with E-state index in [0.717, 1.165) is 65.0 Å². The molecule has 5 aromatic rings. The highest BCUT2D eigenvalue weighted by Gasteiger charge is 2.45. The minimum Gasteiger partial charge on any atom is -0.478 e. The number of carboxylic acid groups (broad SMARTS) is 1. The number of tetrazole rings is 1. The van der Waals surface area contributed by atoms with Crippen molar-refractivity contribution in [3.05, 3.63) is 83.2 Å². The first-order valence-corrected chi connectivity index (χ1v) is 11.6. The van der Waals surface area contributed by atoms with Gasteiger partial charge in [-0.2, -0.15) is 4.68 Å². The lowest BCUT2D eigenvalue weighted by molar-refractivity contribution is 0.0697. The van der Waals surface area contributed by atoms with Crippen LogP contribution in [0.1, 0.15) is 41.1 Å². The number of halogens is 1. The molecule has 2 N–H and O–H groups in total. The van der Waals surface area contributed by atoms with Crippen molar-refractivity contribution in [1.29, 1.82) is 0 Å². The number of pyridine rings is 1. The first-order chi connectivity index (χ1) is 17.0. The van der Waals surface area contributed by atoms with Crippen molar-refractivity contribution in [3.8, 4) is 16.8 Å². The van der Waals surface area contributed by atoms with Gasteiger partial charge in [0.25, 0.3) is 0 Å². The van der Waals surface area contributed by atoms with E-state index < -0.39 is 5.97 Å². The standard InChI is InChI=1S/C25H20ClN7O2/c26-17-3-5-21(33-14-28-31-32-33)18(12-17)16-2-6-22(27-13-16)25(9-10-25)8-7-23-29-19-4-1-15(24(34)35)11-20(19)30-23/h1-6,11-14H,7-10H2,(H,29,30)(H,34,35). The summed E-state index contributed by atoms with van der Waals surface area (Å²) >= 11 is 6.28. The SMILES string of the molecule is O=C(O)c1ccc2nc(CCC3(c4ccc(-c5cc(Cl)ccc5-n5cnnn5)cn4)CC3)[nH]c2c1. The van der Waals surface area contributed by atoms with Crippen LogP contribution in [-0.2, 0) is 11.8 Å². The summed E-state index contributed by atoms with van der Waals surface area (Å²) in [5, 5.41) is 21.3. The molecular weight excluding hydrogens is 466 g/mol. The van der Waals surface area contributed by atoms with Crippen LogP contribution < -0.4 is 0 Å². The fraction of sp³-hybridized carbons (Fsp3) is 0.200. The van der Waals surface area contributed by atoms with Crippen LogP contribution >= 0.6 is 11.6 Å². The van der Waals surface area contributed by atoms with Crippen LogP contribution in [0.3, 0.4) is 0 Å². The van der Waals surface area contributed by atoms with Crippen molar-refractivity contribution in [2.75, 3.05) is 0 Å². The maximum Gasteiger partial charge on any atom is 0.335 e. The van der Waals surface area contributed by atoms with Gasteiger partial charge < -0.3 is 10.1 Å². The number of H-pyrrole nitrogens is 1. The highest BCUT2D eigenvalue weighted by Crippen LogP contribution is 2.51. The van der Waals surface area contributed by atoms with Gasteiger partial charge in [-0.25, -0.2) is 9.78 Å². The maximum atomic E-state index is 11.2. The summed E-state index contributed by atoms with van der Waals surface area (Å²) in [5.41, 5.74) is 5.53. The van der Waals surface area contributed by atoms with E-state index in [1.807, 2.05) is 24.4 Å². The Bertz CT molecular complexity index is 1540. The number of aromatic amines is 1. The number of aryl methyl sites for hydroxylation is 1. The van der Waals surface area contributed by atoms with Crippen LogP contribution in [-0.4, -0.2) is 46.2 Å². The molecule has 0 radical (unpaired) electrons. The predicted octanol–water partition coefficient (Wildman–Crippen LogP) is 4.62. The van der Waals surface area contributed by atoms with Crippen molar-refractivity contribution in [1.82, 2.24) is 35.2 Å². The van der Waals surface area contributed by atoms with E-state index >= 15 is 0 Å². The molecule has 1 fully saturated rings. The number of aromatic carboxylic acids is 1. The molecule has 6 rings (SSSR count). The van der Waals surface area contributed by atoms with Crippen LogP contribution in [0.2, 0.25) is 5.02 Å². The van der Waals surface area contributed by atoms with Crippen molar-refractivity contribution >= 4 is 28.6 Å². The fourth-order valence-electron chi connectivity index (χ4n) is 4.53. The van der Waals surface area contributed by atoms with Gasteiger partial charge >= 0.3 is 5.97 Å². The summed E-state index contributed by atoms with van der Waals surface area (Å²) < 4.78 is 1.61. The van der Waals surface area contributed by atoms with Gasteiger partial charge in [0, 0.05) is 39.9 Å². The molecule has 1 aliphatic rings. The Morgan fingerprint density at radius 1 is 1.14 bits per heavy atom. The third-order valence-corrected chi connectivity index (χ3v) is 6.88. The zero-order chi connectivity index (χ0) is 24.0. The molecule has 0 bridgehead atoms. The van der Waals surface area contributed by atoms with E-state index in [0.29, 0.717) is 5.02 Å². The second-order valence-electron chi connectivity index (χ2n) is 8.85. The molecule has 0 spiro atoms. The summed E-state index contributed by atoms with van der Waals surface area (Å²) in [6, 6.07) is 14.7. The topological polar surface area (TPSA) is 122 Å². The van der Waals surface area contributed by atoms with Crippen molar-refractivity contribution in [3.63, 3.8) is 0 Å². The largest absolute Gasteiger partial charge is 0.478 e. The summed E-state index contributed by atoms with van der Waals surface area (Å²) in [4.78, 5) is 24.0.